The molecule has 0 bridgehead atoms. The molecule has 14 heavy (non-hydrogen) atoms. The zero-order valence-corrected chi connectivity index (χ0v) is 8.99. The van der Waals surface area contributed by atoms with Crippen LogP contribution in [0.25, 0.3) is 0 Å². The van der Waals surface area contributed by atoms with Gasteiger partial charge in [0.05, 0.1) is 6.61 Å². The molecule has 2 heteroatoms. The van der Waals surface area contributed by atoms with E-state index in [0.29, 0.717) is 6.61 Å². The molecule has 0 aromatic heterocycles. The summed E-state index contributed by atoms with van der Waals surface area (Å²) in [5, 5.41) is 0. The second-order valence-electron chi connectivity index (χ2n) is 3.62. The molecule has 0 saturated carbocycles. The van der Waals surface area contributed by atoms with Crippen LogP contribution in [-0.2, 0) is 11.3 Å². The highest BCUT2D eigenvalue weighted by Gasteiger charge is 1.93. The lowest BCUT2D eigenvalue weighted by Crippen LogP contribution is -2.14. The highest BCUT2D eigenvalue weighted by molar-refractivity contribution is 5.12. The van der Waals surface area contributed by atoms with E-state index in [1.807, 2.05) is 24.3 Å². The van der Waals surface area contributed by atoms with Crippen LogP contribution in [0.4, 0.5) is 0 Å². The van der Waals surface area contributed by atoms with Crippen LogP contribution >= 0.6 is 0 Å². The van der Waals surface area contributed by atoms with E-state index in [0.717, 1.165) is 19.6 Å². The van der Waals surface area contributed by atoms with Crippen molar-refractivity contribution in [2.24, 2.45) is 0 Å². The van der Waals surface area contributed by atoms with Crippen LogP contribution in [0.5, 0.6) is 0 Å². The van der Waals surface area contributed by atoms with Gasteiger partial charge in [0.15, 0.2) is 0 Å². The summed E-state index contributed by atoms with van der Waals surface area (Å²) in [6.45, 7) is 2.63. The third-order valence-electron chi connectivity index (χ3n) is 1.95. The van der Waals surface area contributed by atoms with Gasteiger partial charge < -0.3 is 9.64 Å². The Labute approximate surface area is 86.5 Å². The zero-order chi connectivity index (χ0) is 10.2. The van der Waals surface area contributed by atoms with Crippen molar-refractivity contribution in [1.82, 2.24) is 4.90 Å². The van der Waals surface area contributed by atoms with Crippen LogP contribution in [0, 0.1) is 6.07 Å². The fourth-order valence-electron chi connectivity index (χ4n) is 1.19. The summed E-state index contributed by atoms with van der Waals surface area (Å²) in [5.41, 5.74) is 1.22. The Bertz CT molecular complexity index is 233. The van der Waals surface area contributed by atoms with E-state index in [-0.39, 0.29) is 0 Å². The van der Waals surface area contributed by atoms with Crippen LogP contribution in [0.2, 0.25) is 0 Å². The summed E-state index contributed by atoms with van der Waals surface area (Å²) < 4.78 is 5.53. The number of hydrogen-bond donors (Lipinski definition) is 0. The molecule has 77 valence electrons. The normalized spacial score (nSPS) is 10.8. The Hall–Kier alpha value is -0.860. The average molecular weight is 192 g/mol. The smallest absolute Gasteiger partial charge is 0.0716 e. The van der Waals surface area contributed by atoms with Crippen molar-refractivity contribution in [3.8, 4) is 0 Å². The first-order chi connectivity index (χ1) is 6.79. The maximum absolute atomic E-state index is 5.53. The predicted octanol–water partition coefficient (Wildman–Crippen LogP) is 1.96. The summed E-state index contributed by atoms with van der Waals surface area (Å²) in [4.78, 5) is 2.17. The third kappa shape index (κ3) is 5.00. The minimum Gasteiger partial charge on any atom is -0.377 e. The fraction of sp³-hybridized carbons (Fsp3) is 0.500. The molecule has 0 amide bonds. The second kappa shape index (κ2) is 6.57. The molecule has 0 aliphatic rings. The second-order valence-corrected chi connectivity index (χ2v) is 3.62. The number of nitrogens with zero attached hydrogens (tertiary/aromatic N) is 1. The summed E-state index contributed by atoms with van der Waals surface area (Å²) in [6, 6.07) is 10.9. The molecule has 0 spiro atoms. The SMILES string of the molecule is CN(C)CCCOCc1cc[c]cc1. The molecule has 0 heterocycles. The highest BCUT2D eigenvalue weighted by Crippen LogP contribution is 2.00. The summed E-state index contributed by atoms with van der Waals surface area (Å²) in [5.74, 6) is 0. The molecule has 0 N–H and O–H groups in total. The Morgan fingerprint density at radius 3 is 2.64 bits per heavy atom. The topological polar surface area (TPSA) is 12.5 Å². The molecular weight excluding hydrogens is 174 g/mol. The van der Waals surface area contributed by atoms with E-state index >= 15 is 0 Å². The summed E-state index contributed by atoms with van der Waals surface area (Å²) >= 11 is 0. The van der Waals surface area contributed by atoms with Gasteiger partial charge in [0.25, 0.3) is 0 Å². The van der Waals surface area contributed by atoms with Gasteiger partial charge in [-0.2, -0.15) is 0 Å². The van der Waals surface area contributed by atoms with E-state index in [1.54, 1.807) is 0 Å². The van der Waals surface area contributed by atoms with Crippen molar-refractivity contribution in [2.45, 2.75) is 13.0 Å². The largest absolute Gasteiger partial charge is 0.377 e. The molecule has 0 saturated heterocycles. The van der Waals surface area contributed by atoms with Crippen molar-refractivity contribution < 1.29 is 4.74 Å². The summed E-state index contributed by atoms with van der Waals surface area (Å²) in [7, 11) is 4.15. The maximum atomic E-state index is 5.53. The third-order valence-corrected chi connectivity index (χ3v) is 1.95. The molecule has 1 rings (SSSR count). The van der Waals surface area contributed by atoms with Crippen molar-refractivity contribution in [1.29, 1.82) is 0 Å². The van der Waals surface area contributed by atoms with Gasteiger partial charge in [-0.3, -0.25) is 0 Å². The molecule has 0 aliphatic carbocycles. The Morgan fingerprint density at radius 1 is 1.29 bits per heavy atom. The molecule has 0 unspecified atom stereocenters. The Kier molecular flexibility index (Phi) is 5.27. The van der Waals surface area contributed by atoms with Crippen molar-refractivity contribution in [3.63, 3.8) is 0 Å². The minimum absolute atomic E-state index is 0.710. The standard InChI is InChI=1S/C12H18NO/c1-13(2)9-6-10-14-11-12-7-4-3-5-8-12/h4-5,7-8H,6,9-11H2,1-2H3. The summed E-state index contributed by atoms with van der Waals surface area (Å²) in [6.07, 6.45) is 1.09. The molecule has 1 radical (unpaired) electrons. The first kappa shape index (κ1) is 11.2. The monoisotopic (exact) mass is 192 g/mol. The van der Waals surface area contributed by atoms with Gasteiger partial charge in [-0.05, 0) is 38.7 Å². The number of benzene rings is 1. The maximum Gasteiger partial charge on any atom is 0.0716 e. The molecule has 2 nitrogen and oxygen atoms in total. The lowest BCUT2D eigenvalue weighted by molar-refractivity contribution is 0.113. The van der Waals surface area contributed by atoms with E-state index in [4.69, 9.17) is 4.74 Å². The molecule has 0 atom stereocenters. The van der Waals surface area contributed by atoms with Crippen molar-refractivity contribution in [3.05, 3.63) is 35.9 Å². The van der Waals surface area contributed by atoms with Gasteiger partial charge in [0.1, 0.15) is 0 Å². The van der Waals surface area contributed by atoms with Crippen molar-refractivity contribution in [2.75, 3.05) is 27.2 Å². The van der Waals surface area contributed by atoms with Gasteiger partial charge in [-0.1, -0.05) is 24.3 Å². The Morgan fingerprint density at radius 2 is 2.00 bits per heavy atom. The first-order valence-electron chi connectivity index (χ1n) is 4.96. The van der Waals surface area contributed by atoms with Crippen LogP contribution in [-0.4, -0.2) is 32.1 Å². The lowest BCUT2D eigenvalue weighted by Gasteiger charge is -2.09. The lowest BCUT2D eigenvalue weighted by atomic mass is 10.2. The first-order valence-corrected chi connectivity index (χ1v) is 4.96. The molecular formula is C12H18NO. The highest BCUT2D eigenvalue weighted by atomic mass is 16.5. The quantitative estimate of drug-likeness (QED) is 0.639. The zero-order valence-electron chi connectivity index (χ0n) is 8.99. The molecule has 1 aromatic carbocycles. The number of hydrogen-bond acceptors (Lipinski definition) is 2. The molecule has 0 aliphatic heterocycles. The van der Waals surface area contributed by atoms with Gasteiger partial charge in [0, 0.05) is 6.61 Å². The number of ether oxygens (including phenoxy) is 1. The average Bonchev–Trinajstić information content (AvgIpc) is 2.18. The Balaban J connectivity index is 2.05. The van der Waals surface area contributed by atoms with Gasteiger partial charge >= 0.3 is 0 Å². The van der Waals surface area contributed by atoms with E-state index in [1.165, 1.54) is 5.56 Å². The van der Waals surface area contributed by atoms with Gasteiger partial charge in [-0.25, -0.2) is 0 Å². The number of rotatable bonds is 6. The van der Waals surface area contributed by atoms with Crippen LogP contribution < -0.4 is 0 Å². The van der Waals surface area contributed by atoms with Crippen molar-refractivity contribution >= 4 is 0 Å². The predicted molar refractivity (Wildman–Crippen MR) is 58.1 cm³/mol. The van der Waals surface area contributed by atoms with Crippen LogP contribution in [0.15, 0.2) is 24.3 Å². The molecule has 1 aromatic rings. The molecule has 0 fully saturated rings. The van der Waals surface area contributed by atoms with Crippen LogP contribution in [0.1, 0.15) is 12.0 Å². The van der Waals surface area contributed by atoms with E-state index in [9.17, 15) is 0 Å². The van der Waals surface area contributed by atoms with E-state index < -0.39 is 0 Å². The fourth-order valence-corrected chi connectivity index (χ4v) is 1.19. The van der Waals surface area contributed by atoms with Gasteiger partial charge in [-0.15, -0.1) is 0 Å². The minimum atomic E-state index is 0.710. The van der Waals surface area contributed by atoms with Gasteiger partial charge in [0.2, 0.25) is 0 Å². The van der Waals surface area contributed by atoms with E-state index in [2.05, 4.69) is 25.1 Å². The van der Waals surface area contributed by atoms with Crippen LogP contribution in [0.3, 0.4) is 0 Å².